The molecule has 6 atom stereocenters. The summed E-state index contributed by atoms with van der Waals surface area (Å²) in [7, 11) is 0. The highest BCUT2D eigenvalue weighted by atomic mass is 16.5. The van der Waals surface area contributed by atoms with E-state index in [1.165, 1.54) is 13.8 Å². The summed E-state index contributed by atoms with van der Waals surface area (Å²) in [6.45, 7) is 5.49. The van der Waals surface area contributed by atoms with E-state index >= 15 is 0 Å². The zero-order chi connectivity index (χ0) is 35.6. The minimum Gasteiger partial charge on any atom is -0.445 e. The van der Waals surface area contributed by atoms with Gasteiger partial charge in [0.2, 0.25) is 29.9 Å². The fourth-order valence-corrected chi connectivity index (χ4v) is 4.40. The van der Waals surface area contributed by atoms with Crippen LogP contribution < -0.4 is 26.6 Å². The van der Waals surface area contributed by atoms with Crippen molar-refractivity contribution in [2.45, 2.75) is 89.9 Å². The van der Waals surface area contributed by atoms with Crippen LogP contribution in [0.4, 0.5) is 4.79 Å². The third-order valence-corrected chi connectivity index (χ3v) is 7.38. The van der Waals surface area contributed by atoms with E-state index in [0.717, 1.165) is 11.1 Å². The van der Waals surface area contributed by atoms with Gasteiger partial charge in [-0.1, -0.05) is 74.5 Å². The van der Waals surface area contributed by atoms with Gasteiger partial charge in [-0.3, -0.25) is 24.0 Å². The first-order valence-corrected chi connectivity index (χ1v) is 15.7. The lowest BCUT2D eigenvalue weighted by molar-refractivity contribution is -0.132. The summed E-state index contributed by atoms with van der Waals surface area (Å²) in [5.41, 5.74) is 1.53. The topological polar surface area (TPSA) is 212 Å². The van der Waals surface area contributed by atoms with Crippen molar-refractivity contribution >= 4 is 36.0 Å². The highest BCUT2D eigenvalue weighted by Gasteiger charge is 2.29. The zero-order valence-electron chi connectivity index (χ0n) is 27.6. The van der Waals surface area contributed by atoms with Crippen molar-refractivity contribution in [1.82, 2.24) is 26.6 Å². The van der Waals surface area contributed by atoms with Gasteiger partial charge in [0.1, 0.15) is 24.7 Å². The Labute approximate surface area is 280 Å². The van der Waals surface area contributed by atoms with Crippen LogP contribution in [0.15, 0.2) is 60.7 Å². The van der Waals surface area contributed by atoms with Crippen molar-refractivity contribution in [3.63, 3.8) is 0 Å². The summed E-state index contributed by atoms with van der Waals surface area (Å²) < 4.78 is 5.07. The van der Waals surface area contributed by atoms with Gasteiger partial charge in [0.05, 0.1) is 24.8 Å². The predicted octanol–water partition coefficient (Wildman–Crippen LogP) is 0.402. The molecule has 14 nitrogen and oxygen atoms in total. The van der Waals surface area contributed by atoms with Gasteiger partial charge < -0.3 is 41.5 Å². The quantitative estimate of drug-likeness (QED) is 0.110. The Hall–Kier alpha value is -4.82. The number of rotatable bonds is 19. The van der Waals surface area contributed by atoms with Gasteiger partial charge in [-0.25, -0.2) is 4.79 Å². The molecule has 0 aliphatic carbocycles. The summed E-state index contributed by atoms with van der Waals surface area (Å²) in [4.78, 5) is 74.2. The number of alkyl carbamates (subject to hydrolysis) is 1. The van der Waals surface area contributed by atoms with E-state index in [9.17, 15) is 39.0 Å². The van der Waals surface area contributed by atoms with Crippen molar-refractivity contribution in [2.24, 2.45) is 5.92 Å². The average molecular weight is 669 g/mol. The highest BCUT2D eigenvalue weighted by Crippen LogP contribution is 2.12. The SMILES string of the molecule is CC(NC(=O)C(C)NC(=O)[C@@H](CO)NC(=O)OCc1ccccc1)C(=O)NC(Cc1ccccc1)C(O)CCC(=O)NC([C]=O)C(C)C. The standard InChI is InChI=1S/C34H46N5O9/c1-21(2)27(18-40)37-30(43)16-15-29(42)26(17-24-11-7-5-8-12-24)38-32(45)23(4)35-31(44)22(3)36-33(46)28(19-41)39-34(47)48-20-25-13-9-6-10-14-25/h5-14,21-23,26-29,41-42H,15-17,19-20H2,1-4H3,(H,35,44)(H,36,46)(H,37,43)(H,38,45)(H,39,47)/t22?,23?,26?,27?,28-,29?/m1/s1. The van der Waals surface area contributed by atoms with E-state index in [0.29, 0.717) is 0 Å². The number of hydrogen-bond donors (Lipinski definition) is 7. The first kappa shape index (κ1) is 39.4. The molecule has 0 heterocycles. The summed E-state index contributed by atoms with van der Waals surface area (Å²) in [5, 5.41) is 33.0. The minimum absolute atomic E-state index is 0.0169. The van der Waals surface area contributed by atoms with Crippen LogP contribution in [0.3, 0.4) is 0 Å². The Morgan fingerprint density at radius 1 is 0.750 bits per heavy atom. The predicted molar refractivity (Wildman–Crippen MR) is 176 cm³/mol. The van der Waals surface area contributed by atoms with E-state index in [1.54, 1.807) is 62.6 Å². The van der Waals surface area contributed by atoms with Gasteiger partial charge in [-0.05, 0) is 43.7 Å². The van der Waals surface area contributed by atoms with Crippen LogP contribution in [0.1, 0.15) is 51.7 Å². The number of carbonyl (C=O) groups excluding carboxylic acids is 6. The number of benzene rings is 2. The number of aliphatic hydroxyl groups is 2. The molecular weight excluding hydrogens is 622 g/mol. The maximum Gasteiger partial charge on any atom is 0.408 e. The lowest BCUT2D eigenvalue weighted by Gasteiger charge is -2.27. The van der Waals surface area contributed by atoms with Crippen LogP contribution in [0.25, 0.3) is 0 Å². The van der Waals surface area contributed by atoms with Crippen molar-refractivity contribution in [1.29, 1.82) is 0 Å². The van der Waals surface area contributed by atoms with Crippen LogP contribution in [0.5, 0.6) is 0 Å². The lowest BCUT2D eigenvalue weighted by Crippen LogP contribution is -2.57. The lowest BCUT2D eigenvalue weighted by atomic mass is 9.97. The summed E-state index contributed by atoms with van der Waals surface area (Å²) in [6.07, 6.45) is -0.211. The second-order valence-corrected chi connectivity index (χ2v) is 11.7. The van der Waals surface area contributed by atoms with Gasteiger partial charge in [0.25, 0.3) is 0 Å². The third-order valence-electron chi connectivity index (χ3n) is 7.38. The Bertz CT molecular complexity index is 1340. The molecule has 0 aliphatic heterocycles. The number of nitrogens with one attached hydrogen (secondary N) is 5. The fourth-order valence-electron chi connectivity index (χ4n) is 4.40. The summed E-state index contributed by atoms with van der Waals surface area (Å²) in [6, 6.07) is 12.6. The number of aliphatic hydroxyl groups excluding tert-OH is 2. The zero-order valence-corrected chi connectivity index (χ0v) is 27.6. The normalized spacial score (nSPS) is 14.6. The molecule has 7 N–H and O–H groups in total. The first-order valence-electron chi connectivity index (χ1n) is 15.7. The maximum atomic E-state index is 13.1. The smallest absolute Gasteiger partial charge is 0.408 e. The molecule has 0 spiro atoms. The van der Waals surface area contributed by atoms with E-state index in [4.69, 9.17) is 4.74 Å². The number of amides is 5. The minimum atomic E-state index is -1.40. The molecule has 261 valence electrons. The van der Waals surface area contributed by atoms with E-state index in [2.05, 4.69) is 26.6 Å². The molecule has 0 bridgehead atoms. The van der Waals surface area contributed by atoms with E-state index in [-0.39, 0.29) is 31.8 Å². The van der Waals surface area contributed by atoms with Gasteiger partial charge in [-0.2, -0.15) is 0 Å². The average Bonchev–Trinajstić information content (AvgIpc) is 3.07. The highest BCUT2D eigenvalue weighted by molar-refractivity contribution is 5.93. The second kappa shape index (κ2) is 20.4. The molecule has 48 heavy (non-hydrogen) atoms. The van der Waals surface area contributed by atoms with Crippen molar-refractivity contribution in [2.75, 3.05) is 6.61 Å². The molecule has 0 saturated carbocycles. The fraction of sp³-hybridized carbons (Fsp3) is 0.471. The summed E-state index contributed by atoms with van der Waals surface area (Å²) in [5.74, 6) is -2.80. The number of hydrogen-bond acceptors (Lipinski definition) is 9. The molecule has 2 rings (SSSR count). The summed E-state index contributed by atoms with van der Waals surface area (Å²) >= 11 is 0. The Morgan fingerprint density at radius 3 is 1.83 bits per heavy atom. The largest absolute Gasteiger partial charge is 0.445 e. The Kier molecular flexibility index (Phi) is 16.7. The van der Waals surface area contributed by atoms with Crippen molar-refractivity contribution in [3.05, 3.63) is 71.8 Å². The van der Waals surface area contributed by atoms with Crippen molar-refractivity contribution in [3.8, 4) is 0 Å². The number of carbonyl (C=O) groups is 5. The van der Waals surface area contributed by atoms with Crippen LogP contribution in [-0.4, -0.2) is 89.1 Å². The molecule has 0 aromatic heterocycles. The molecule has 2 aromatic carbocycles. The maximum absolute atomic E-state index is 13.1. The molecule has 1 radical (unpaired) electrons. The first-order chi connectivity index (χ1) is 22.8. The van der Waals surface area contributed by atoms with Crippen LogP contribution in [0.2, 0.25) is 0 Å². The molecule has 2 aromatic rings. The number of ether oxygens (including phenoxy) is 1. The van der Waals surface area contributed by atoms with Crippen LogP contribution >= 0.6 is 0 Å². The molecule has 5 unspecified atom stereocenters. The monoisotopic (exact) mass is 668 g/mol. The van der Waals surface area contributed by atoms with Crippen LogP contribution in [-0.2, 0) is 41.7 Å². The molecule has 0 fully saturated rings. The van der Waals surface area contributed by atoms with Gasteiger partial charge in [0.15, 0.2) is 0 Å². The molecule has 0 saturated heterocycles. The molecule has 0 aliphatic rings. The van der Waals surface area contributed by atoms with Gasteiger partial charge in [0, 0.05) is 6.42 Å². The van der Waals surface area contributed by atoms with E-state index < -0.39 is 72.6 Å². The second-order valence-electron chi connectivity index (χ2n) is 11.7. The van der Waals surface area contributed by atoms with Gasteiger partial charge in [-0.15, -0.1) is 0 Å². The third kappa shape index (κ3) is 13.9. The molecular formula is C34H46N5O9. The van der Waals surface area contributed by atoms with Crippen LogP contribution in [0, 0.1) is 5.92 Å². The van der Waals surface area contributed by atoms with Crippen molar-refractivity contribution < 1.29 is 43.7 Å². The molecule has 5 amide bonds. The van der Waals surface area contributed by atoms with E-state index in [1.807, 2.05) is 18.2 Å². The Balaban J connectivity index is 1.93. The van der Waals surface area contributed by atoms with Gasteiger partial charge >= 0.3 is 6.09 Å². The molecule has 14 heteroatoms. The Morgan fingerprint density at radius 2 is 1.29 bits per heavy atom.